The maximum Gasteiger partial charge on any atom is 0.231 e. The van der Waals surface area contributed by atoms with Crippen LogP contribution in [0.1, 0.15) is 31.0 Å². The van der Waals surface area contributed by atoms with Crippen molar-refractivity contribution in [2.24, 2.45) is 0 Å². The number of piperazine rings is 1. The van der Waals surface area contributed by atoms with Crippen LogP contribution in [-0.4, -0.2) is 54.4 Å². The van der Waals surface area contributed by atoms with Gasteiger partial charge in [-0.2, -0.15) is 4.98 Å². The number of nitrogens with zero attached hydrogens (tertiary/aromatic N) is 4. The number of ether oxygens (including phenoxy) is 2. The zero-order valence-corrected chi connectivity index (χ0v) is 16.8. The fourth-order valence-electron chi connectivity index (χ4n) is 3.58. The number of unbranched alkanes of at least 4 members (excludes halogenated alkanes) is 1. The third-order valence-corrected chi connectivity index (χ3v) is 5.18. The van der Waals surface area contributed by atoms with E-state index in [4.69, 9.17) is 14.5 Å². The highest BCUT2D eigenvalue weighted by Gasteiger charge is 2.21. The fraction of sp³-hybridized carbons (Fsp3) is 0.524. The molecule has 0 bridgehead atoms. The Morgan fingerprint density at radius 2 is 1.86 bits per heavy atom. The lowest BCUT2D eigenvalue weighted by Gasteiger charge is -2.35. The van der Waals surface area contributed by atoms with Gasteiger partial charge in [0.2, 0.25) is 12.7 Å². The largest absolute Gasteiger partial charge is 0.454 e. The molecule has 1 N–H and O–H groups in total. The first-order valence-electron chi connectivity index (χ1n) is 10.2. The Bertz CT molecular complexity index is 805. The zero-order valence-electron chi connectivity index (χ0n) is 16.8. The normalized spacial score (nSPS) is 16.4. The molecule has 28 heavy (non-hydrogen) atoms. The van der Waals surface area contributed by atoms with Gasteiger partial charge in [-0.05, 0) is 31.0 Å². The minimum atomic E-state index is 0.323. The number of anilines is 2. The maximum atomic E-state index is 5.49. The lowest BCUT2D eigenvalue weighted by atomic mass is 10.1. The average molecular weight is 383 g/mol. The molecular weight excluding hydrogens is 354 g/mol. The molecule has 7 nitrogen and oxygen atoms in total. The average Bonchev–Trinajstić information content (AvgIpc) is 3.16. The molecule has 150 valence electrons. The predicted octanol–water partition coefficient (Wildman–Crippen LogP) is 3.05. The van der Waals surface area contributed by atoms with Gasteiger partial charge < -0.3 is 19.7 Å². The molecule has 0 unspecified atom stereocenters. The number of fused-ring (bicyclic) bond motifs is 1. The summed E-state index contributed by atoms with van der Waals surface area (Å²) in [5.74, 6) is 3.46. The minimum absolute atomic E-state index is 0.323. The van der Waals surface area contributed by atoms with Crippen LogP contribution in [0.4, 0.5) is 11.8 Å². The van der Waals surface area contributed by atoms with Gasteiger partial charge in [-0.15, -0.1) is 0 Å². The van der Waals surface area contributed by atoms with Crippen molar-refractivity contribution in [3.8, 4) is 11.5 Å². The Morgan fingerprint density at radius 1 is 1.04 bits per heavy atom. The second-order valence-corrected chi connectivity index (χ2v) is 7.43. The molecule has 2 aliphatic heterocycles. The molecule has 1 saturated heterocycles. The Labute approximate surface area is 166 Å². The lowest BCUT2D eigenvalue weighted by Crippen LogP contribution is -2.46. The second kappa shape index (κ2) is 8.65. The summed E-state index contributed by atoms with van der Waals surface area (Å²) in [6.07, 6.45) is 2.33. The van der Waals surface area contributed by atoms with Crippen molar-refractivity contribution in [2.75, 3.05) is 49.7 Å². The molecule has 2 aromatic rings. The lowest BCUT2D eigenvalue weighted by molar-refractivity contribution is 0.174. The first kappa shape index (κ1) is 18.8. The van der Waals surface area contributed by atoms with Crippen LogP contribution in [-0.2, 0) is 6.54 Å². The molecule has 1 aromatic carbocycles. The van der Waals surface area contributed by atoms with E-state index in [0.29, 0.717) is 6.79 Å². The van der Waals surface area contributed by atoms with Crippen LogP contribution in [0.2, 0.25) is 0 Å². The number of hydrogen-bond acceptors (Lipinski definition) is 7. The molecule has 4 rings (SSSR count). The number of benzene rings is 1. The number of aryl methyl sites for hydroxylation is 1. The summed E-state index contributed by atoms with van der Waals surface area (Å²) in [7, 11) is 0. The van der Waals surface area contributed by atoms with Crippen LogP contribution in [0, 0.1) is 6.92 Å². The predicted molar refractivity (Wildman–Crippen MR) is 110 cm³/mol. The SMILES string of the molecule is CCCCNc1cc(C)nc(N2CCN(Cc3ccc4c(c3)OCO4)CC2)n1. The van der Waals surface area contributed by atoms with Crippen LogP contribution in [0.25, 0.3) is 0 Å². The zero-order chi connectivity index (χ0) is 19.3. The van der Waals surface area contributed by atoms with Gasteiger partial charge in [0.1, 0.15) is 5.82 Å². The highest BCUT2D eigenvalue weighted by Crippen LogP contribution is 2.32. The van der Waals surface area contributed by atoms with Gasteiger partial charge in [-0.3, -0.25) is 4.90 Å². The van der Waals surface area contributed by atoms with E-state index in [2.05, 4.69) is 39.2 Å². The molecular formula is C21H29N5O2. The third kappa shape index (κ3) is 4.47. The van der Waals surface area contributed by atoms with Gasteiger partial charge in [0, 0.05) is 51.0 Å². The molecule has 2 aliphatic rings. The van der Waals surface area contributed by atoms with E-state index >= 15 is 0 Å². The van der Waals surface area contributed by atoms with Gasteiger partial charge in [0.25, 0.3) is 0 Å². The summed E-state index contributed by atoms with van der Waals surface area (Å²) in [5.41, 5.74) is 2.26. The molecule has 0 amide bonds. The quantitative estimate of drug-likeness (QED) is 0.737. The molecule has 0 spiro atoms. The summed E-state index contributed by atoms with van der Waals surface area (Å²) in [4.78, 5) is 14.1. The molecule has 7 heteroatoms. The molecule has 0 radical (unpaired) electrons. The Morgan fingerprint density at radius 3 is 2.68 bits per heavy atom. The van der Waals surface area contributed by atoms with Crippen LogP contribution in [0.5, 0.6) is 11.5 Å². The van der Waals surface area contributed by atoms with E-state index in [1.165, 1.54) is 12.0 Å². The van der Waals surface area contributed by atoms with Crippen molar-refractivity contribution in [3.05, 3.63) is 35.5 Å². The topological polar surface area (TPSA) is 62.8 Å². The number of aromatic nitrogens is 2. The van der Waals surface area contributed by atoms with Gasteiger partial charge in [0.15, 0.2) is 11.5 Å². The van der Waals surface area contributed by atoms with Crippen molar-refractivity contribution < 1.29 is 9.47 Å². The van der Waals surface area contributed by atoms with Crippen LogP contribution >= 0.6 is 0 Å². The Balaban J connectivity index is 1.33. The van der Waals surface area contributed by atoms with Crippen LogP contribution in [0.3, 0.4) is 0 Å². The smallest absolute Gasteiger partial charge is 0.231 e. The highest BCUT2D eigenvalue weighted by molar-refractivity contribution is 5.45. The number of hydrogen-bond donors (Lipinski definition) is 1. The van der Waals surface area contributed by atoms with Gasteiger partial charge >= 0.3 is 0 Å². The van der Waals surface area contributed by atoms with Crippen molar-refractivity contribution >= 4 is 11.8 Å². The van der Waals surface area contributed by atoms with E-state index in [1.54, 1.807) is 0 Å². The molecule has 0 saturated carbocycles. The van der Waals surface area contributed by atoms with Crippen LogP contribution < -0.4 is 19.7 Å². The van der Waals surface area contributed by atoms with Crippen molar-refractivity contribution in [3.63, 3.8) is 0 Å². The standard InChI is InChI=1S/C21H29N5O2/c1-3-4-7-22-20-12-16(2)23-21(24-20)26-10-8-25(9-11-26)14-17-5-6-18-19(13-17)28-15-27-18/h5-6,12-13H,3-4,7-11,14-15H2,1-2H3,(H,22,23,24). The van der Waals surface area contributed by atoms with E-state index in [0.717, 1.165) is 74.6 Å². The summed E-state index contributed by atoms with van der Waals surface area (Å²) in [6.45, 7) is 10.3. The first-order valence-corrected chi connectivity index (χ1v) is 10.2. The molecule has 0 atom stereocenters. The molecule has 1 aromatic heterocycles. The van der Waals surface area contributed by atoms with E-state index in [1.807, 2.05) is 19.1 Å². The summed E-state index contributed by atoms with van der Waals surface area (Å²) < 4.78 is 10.9. The summed E-state index contributed by atoms with van der Waals surface area (Å²) in [6, 6.07) is 8.24. The maximum absolute atomic E-state index is 5.49. The number of nitrogens with one attached hydrogen (secondary N) is 1. The van der Waals surface area contributed by atoms with Gasteiger partial charge in [-0.1, -0.05) is 19.4 Å². The number of rotatable bonds is 7. The van der Waals surface area contributed by atoms with Crippen LogP contribution in [0.15, 0.2) is 24.3 Å². The van der Waals surface area contributed by atoms with Gasteiger partial charge in [0.05, 0.1) is 0 Å². The molecule has 3 heterocycles. The Hall–Kier alpha value is -2.54. The van der Waals surface area contributed by atoms with Gasteiger partial charge in [-0.25, -0.2) is 4.98 Å². The molecule has 1 fully saturated rings. The second-order valence-electron chi connectivity index (χ2n) is 7.43. The minimum Gasteiger partial charge on any atom is -0.454 e. The first-order chi connectivity index (χ1) is 13.7. The van der Waals surface area contributed by atoms with E-state index in [9.17, 15) is 0 Å². The molecule has 0 aliphatic carbocycles. The van der Waals surface area contributed by atoms with Crippen molar-refractivity contribution in [2.45, 2.75) is 33.2 Å². The van der Waals surface area contributed by atoms with E-state index < -0.39 is 0 Å². The van der Waals surface area contributed by atoms with E-state index in [-0.39, 0.29) is 0 Å². The monoisotopic (exact) mass is 383 g/mol. The Kier molecular flexibility index (Phi) is 5.81. The summed E-state index contributed by atoms with van der Waals surface area (Å²) in [5, 5.41) is 3.42. The summed E-state index contributed by atoms with van der Waals surface area (Å²) >= 11 is 0. The third-order valence-electron chi connectivity index (χ3n) is 5.18. The van der Waals surface area contributed by atoms with Crippen molar-refractivity contribution in [1.29, 1.82) is 0 Å². The fourth-order valence-corrected chi connectivity index (χ4v) is 3.58. The van der Waals surface area contributed by atoms with Crippen molar-refractivity contribution in [1.82, 2.24) is 14.9 Å². The highest BCUT2D eigenvalue weighted by atomic mass is 16.7.